The van der Waals surface area contributed by atoms with Gasteiger partial charge in [-0.1, -0.05) is 25.7 Å². The summed E-state index contributed by atoms with van der Waals surface area (Å²) >= 11 is 1.71. The van der Waals surface area contributed by atoms with Crippen molar-refractivity contribution in [1.82, 2.24) is 15.2 Å². The van der Waals surface area contributed by atoms with E-state index in [2.05, 4.69) is 29.0 Å². The third kappa shape index (κ3) is 3.52. The van der Waals surface area contributed by atoms with E-state index in [0.29, 0.717) is 0 Å². The van der Waals surface area contributed by atoms with Crippen molar-refractivity contribution in [3.63, 3.8) is 0 Å². The summed E-state index contributed by atoms with van der Waals surface area (Å²) in [5.74, 6) is 0.238. The lowest BCUT2D eigenvalue weighted by molar-refractivity contribution is -0.137. The van der Waals surface area contributed by atoms with Gasteiger partial charge in [0.05, 0.1) is 16.7 Å². The van der Waals surface area contributed by atoms with E-state index in [1.54, 1.807) is 11.3 Å². The van der Waals surface area contributed by atoms with E-state index in [1.807, 2.05) is 6.92 Å². The maximum Gasteiger partial charge on any atom is 0.241 e. The minimum absolute atomic E-state index is 0.00829. The fraction of sp³-hybridized carbons (Fsp3) is 0.789. The van der Waals surface area contributed by atoms with Crippen molar-refractivity contribution in [2.75, 3.05) is 13.1 Å². The molecule has 1 atom stereocenters. The van der Waals surface area contributed by atoms with E-state index in [1.165, 1.54) is 43.4 Å². The first-order valence-corrected chi connectivity index (χ1v) is 10.3. The number of nitrogens with one attached hydrogen (secondary N) is 1. The van der Waals surface area contributed by atoms with Gasteiger partial charge in [0.25, 0.3) is 0 Å². The Morgan fingerprint density at radius 2 is 1.75 bits per heavy atom. The largest absolute Gasteiger partial charge is 0.346 e. The van der Waals surface area contributed by atoms with Crippen molar-refractivity contribution in [2.24, 2.45) is 0 Å². The summed E-state index contributed by atoms with van der Waals surface area (Å²) in [5, 5.41) is 4.40. The first-order chi connectivity index (χ1) is 11.5. The van der Waals surface area contributed by atoms with Gasteiger partial charge in [-0.2, -0.15) is 0 Å². The standard InChI is InChI=1S/C19H31N3OS/c1-14(17-15(2)24-16(3)21-17)20-18(23)19(10-6-4-7-11-19)22-12-8-5-9-13-22/h14H,4-13H2,1-3H3,(H,20,23)/t14-/m1/s1. The third-order valence-corrected chi connectivity index (χ3v) is 6.66. The number of likely N-dealkylation sites (tertiary alicyclic amines) is 1. The predicted molar refractivity (Wildman–Crippen MR) is 99.4 cm³/mol. The van der Waals surface area contributed by atoms with Gasteiger partial charge in [0.15, 0.2) is 0 Å². The van der Waals surface area contributed by atoms with Crippen LogP contribution in [-0.4, -0.2) is 34.4 Å². The van der Waals surface area contributed by atoms with Crippen LogP contribution in [0.5, 0.6) is 0 Å². The zero-order valence-corrected chi connectivity index (χ0v) is 16.2. The Hall–Kier alpha value is -0.940. The van der Waals surface area contributed by atoms with Crippen LogP contribution in [0.2, 0.25) is 0 Å². The van der Waals surface area contributed by atoms with Gasteiger partial charge in [-0.15, -0.1) is 11.3 Å². The highest BCUT2D eigenvalue weighted by Crippen LogP contribution is 2.36. The molecule has 0 radical (unpaired) electrons. The van der Waals surface area contributed by atoms with E-state index in [4.69, 9.17) is 0 Å². The van der Waals surface area contributed by atoms with Crippen molar-refractivity contribution in [2.45, 2.75) is 83.7 Å². The molecule has 1 aliphatic heterocycles. The smallest absolute Gasteiger partial charge is 0.241 e. The molecule has 1 aromatic heterocycles. The molecule has 1 amide bonds. The number of hydrogen-bond donors (Lipinski definition) is 1. The second-order valence-electron chi connectivity index (χ2n) is 7.51. The highest BCUT2D eigenvalue weighted by Gasteiger charge is 2.45. The molecule has 2 heterocycles. The second kappa shape index (κ2) is 7.52. The van der Waals surface area contributed by atoms with Gasteiger partial charge in [0.2, 0.25) is 5.91 Å². The maximum absolute atomic E-state index is 13.3. The molecule has 0 unspecified atom stereocenters. The topological polar surface area (TPSA) is 45.2 Å². The van der Waals surface area contributed by atoms with Gasteiger partial charge in [-0.3, -0.25) is 9.69 Å². The highest BCUT2D eigenvalue weighted by atomic mass is 32.1. The molecule has 1 N–H and O–H groups in total. The average molecular weight is 350 g/mol. The number of aryl methyl sites for hydroxylation is 2. The fourth-order valence-electron chi connectivity index (χ4n) is 4.49. The lowest BCUT2D eigenvalue weighted by Crippen LogP contribution is -2.61. The number of nitrogens with zero attached hydrogens (tertiary/aromatic N) is 2. The number of aromatic nitrogens is 1. The van der Waals surface area contributed by atoms with Crippen LogP contribution in [-0.2, 0) is 4.79 Å². The third-order valence-electron chi connectivity index (χ3n) is 5.76. The lowest BCUT2D eigenvalue weighted by atomic mass is 9.78. The van der Waals surface area contributed by atoms with E-state index in [9.17, 15) is 4.79 Å². The van der Waals surface area contributed by atoms with Crippen molar-refractivity contribution in [1.29, 1.82) is 0 Å². The Labute approximate surface area is 150 Å². The molecule has 0 aromatic carbocycles. The van der Waals surface area contributed by atoms with Crippen LogP contribution in [0.3, 0.4) is 0 Å². The van der Waals surface area contributed by atoms with Crippen LogP contribution in [0.4, 0.5) is 0 Å². The molecular weight excluding hydrogens is 318 g/mol. The minimum Gasteiger partial charge on any atom is -0.346 e. The molecule has 1 aliphatic carbocycles. The first kappa shape index (κ1) is 17.9. The van der Waals surface area contributed by atoms with Crippen LogP contribution in [0, 0.1) is 13.8 Å². The Morgan fingerprint density at radius 3 is 2.33 bits per heavy atom. The normalized spacial score (nSPS) is 23.0. The van der Waals surface area contributed by atoms with Crippen LogP contribution in [0.1, 0.15) is 79.9 Å². The van der Waals surface area contributed by atoms with E-state index < -0.39 is 0 Å². The summed E-state index contributed by atoms with van der Waals surface area (Å²) in [5.41, 5.74) is 0.766. The van der Waals surface area contributed by atoms with Crippen LogP contribution >= 0.6 is 11.3 Å². The number of amides is 1. The summed E-state index contributed by atoms with van der Waals surface area (Å²) in [4.78, 5) is 21.7. The number of carbonyl (C=O) groups excluding carboxylic acids is 1. The van der Waals surface area contributed by atoms with Crippen LogP contribution < -0.4 is 5.32 Å². The molecule has 0 spiro atoms. The second-order valence-corrected chi connectivity index (χ2v) is 8.92. The van der Waals surface area contributed by atoms with Gasteiger partial charge in [-0.05, 0) is 59.5 Å². The highest BCUT2D eigenvalue weighted by molar-refractivity contribution is 7.11. The van der Waals surface area contributed by atoms with E-state index in [-0.39, 0.29) is 17.5 Å². The number of rotatable bonds is 4. The molecule has 2 aliphatic rings. The zero-order chi connectivity index (χ0) is 17.2. The van der Waals surface area contributed by atoms with Crippen molar-refractivity contribution < 1.29 is 4.79 Å². The summed E-state index contributed by atoms with van der Waals surface area (Å²) in [6.07, 6.45) is 9.41. The van der Waals surface area contributed by atoms with Gasteiger partial charge >= 0.3 is 0 Å². The first-order valence-electron chi connectivity index (χ1n) is 9.53. The molecule has 4 nitrogen and oxygen atoms in total. The number of piperidine rings is 1. The average Bonchev–Trinajstić information content (AvgIpc) is 2.94. The fourth-order valence-corrected chi connectivity index (χ4v) is 5.41. The Bertz CT molecular complexity index is 571. The number of carbonyl (C=O) groups is 1. The molecule has 1 aromatic rings. The Balaban J connectivity index is 1.77. The molecule has 134 valence electrons. The zero-order valence-electron chi connectivity index (χ0n) is 15.4. The monoisotopic (exact) mass is 349 g/mol. The lowest BCUT2D eigenvalue weighted by Gasteiger charge is -2.47. The molecular formula is C19H31N3OS. The predicted octanol–water partition coefficient (Wildman–Crippen LogP) is 4.13. The van der Waals surface area contributed by atoms with Gasteiger partial charge in [0, 0.05) is 4.88 Å². The van der Waals surface area contributed by atoms with E-state index >= 15 is 0 Å². The summed E-state index contributed by atoms with van der Waals surface area (Å²) < 4.78 is 0. The van der Waals surface area contributed by atoms with Gasteiger partial charge in [0.1, 0.15) is 5.54 Å². The quantitative estimate of drug-likeness (QED) is 0.889. The van der Waals surface area contributed by atoms with Gasteiger partial charge < -0.3 is 5.32 Å². The van der Waals surface area contributed by atoms with Gasteiger partial charge in [-0.25, -0.2) is 4.98 Å². The molecule has 24 heavy (non-hydrogen) atoms. The number of hydrogen-bond acceptors (Lipinski definition) is 4. The molecule has 5 heteroatoms. The molecule has 3 rings (SSSR count). The summed E-state index contributed by atoms with van der Waals surface area (Å²) in [6.45, 7) is 8.37. The number of thiazole rings is 1. The Kier molecular flexibility index (Phi) is 5.60. The molecule has 0 bridgehead atoms. The summed E-state index contributed by atoms with van der Waals surface area (Å²) in [7, 11) is 0. The maximum atomic E-state index is 13.3. The SMILES string of the molecule is Cc1nc([C@@H](C)NC(=O)C2(N3CCCCC3)CCCCC2)c(C)s1. The minimum atomic E-state index is -0.272. The van der Waals surface area contributed by atoms with E-state index in [0.717, 1.165) is 36.6 Å². The van der Waals surface area contributed by atoms with Crippen LogP contribution in [0.15, 0.2) is 0 Å². The van der Waals surface area contributed by atoms with Crippen molar-refractivity contribution >= 4 is 17.2 Å². The van der Waals surface area contributed by atoms with Crippen LogP contribution in [0.25, 0.3) is 0 Å². The molecule has 1 saturated heterocycles. The van der Waals surface area contributed by atoms with Crippen molar-refractivity contribution in [3.8, 4) is 0 Å². The molecule has 1 saturated carbocycles. The molecule has 2 fully saturated rings. The Morgan fingerprint density at radius 1 is 1.12 bits per heavy atom. The summed E-state index contributed by atoms with van der Waals surface area (Å²) in [6, 6.07) is -0.00829. The van der Waals surface area contributed by atoms with Crippen molar-refractivity contribution in [3.05, 3.63) is 15.6 Å².